The van der Waals surface area contributed by atoms with Gasteiger partial charge in [-0.2, -0.15) is 0 Å². The Morgan fingerprint density at radius 3 is 2.50 bits per heavy atom. The van der Waals surface area contributed by atoms with Gasteiger partial charge in [-0.05, 0) is 31.2 Å². The lowest BCUT2D eigenvalue weighted by molar-refractivity contribution is 0.578. The Hall–Kier alpha value is -2.16. The molecule has 0 unspecified atom stereocenters. The zero-order valence-corrected chi connectivity index (χ0v) is 9.82. The van der Waals surface area contributed by atoms with E-state index in [0.717, 1.165) is 22.7 Å². The first kappa shape index (κ1) is 11.0. The molecule has 0 saturated heterocycles. The van der Waals surface area contributed by atoms with E-state index in [-0.39, 0.29) is 0 Å². The van der Waals surface area contributed by atoms with Crippen molar-refractivity contribution in [3.05, 3.63) is 65.9 Å². The third-order valence-electron chi connectivity index (χ3n) is 3.05. The number of hydrogen-bond donors (Lipinski definition) is 0. The Bertz CT molecular complexity index is 728. The van der Waals surface area contributed by atoms with E-state index < -0.39 is 11.6 Å². The number of hydrogen-bond acceptors (Lipinski definition) is 0. The van der Waals surface area contributed by atoms with Crippen LogP contribution >= 0.6 is 0 Å². The summed E-state index contributed by atoms with van der Waals surface area (Å²) in [6.45, 7) is 1.91. The molecule has 1 aromatic heterocycles. The smallest absolute Gasteiger partial charge is 0.150 e. The number of halogens is 2. The van der Waals surface area contributed by atoms with Crippen molar-refractivity contribution in [1.82, 2.24) is 4.57 Å². The summed E-state index contributed by atoms with van der Waals surface area (Å²) in [6, 6.07) is 13.4. The van der Waals surface area contributed by atoms with E-state index in [0.29, 0.717) is 5.69 Å². The van der Waals surface area contributed by atoms with Crippen LogP contribution in [-0.2, 0) is 0 Å². The van der Waals surface area contributed by atoms with Gasteiger partial charge in [-0.1, -0.05) is 18.2 Å². The maximum Gasteiger partial charge on any atom is 0.150 e. The molecule has 0 aliphatic heterocycles. The summed E-state index contributed by atoms with van der Waals surface area (Å²) in [5.74, 6) is -1.12. The highest BCUT2D eigenvalue weighted by Gasteiger charge is 2.11. The molecule has 0 fully saturated rings. The fraction of sp³-hybridized carbons (Fsp3) is 0.0667. The average molecular weight is 243 g/mol. The minimum absolute atomic E-state index is 0.370. The molecule has 2 aromatic carbocycles. The maximum absolute atomic E-state index is 13.9. The highest BCUT2D eigenvalue weighted by Crippen LogP contribution is 2.25. The summed E-state index contributed by atoms with van der Waals surface area (Å²) < 4.78 is 28.6. The van der Waals surface area contributed by atoms with E-state index in [2.05, 4.69) is 0 Å². The van der Waals surface area contributed by atoms with Gasteiger partial charge in [0.25, 0.3) is 0 Å². The number of para-hydroxylation sites is 1. The number of aromatic nitrogens is 1. The second-order valence-electron chi connectivity index (χ2n) is 4.28. The van der Waals surface area contributed by atoms with Gasteiger partial charge in [-0.25, -0.2) is 8.78 Å². The van der Waals surface area contributed by atoms with Gasteiger partial charge in [-0.3, -0.25) is 0 Å². The molecule has 0 spiro atoms. The van der Waals surface area contributed by atoms with Gasteiger partial charge in [-0.15, -0.1) is 0 Å². The van der Waals surface area contributed by atoms with Crippen LogP contribution in [0.15, 0.2) is 48.5 Å². The number of benzene rings is 2. The van der Waals surface area contributed by atoms with Crippen molar-refractivity contribution in [3.63, 3.8) is 0 Å². The molecule has 0 aliphatic rings. The van der Waals surface area contributed by atoms with Crippen molar-refractivity contribution in [3.8, 4) is 5.69 Å². The quantitative estimate of drug-likeness (QED) is 0.603. The molecule has 0 atom stereocenters. The molecule has 0 saturated carbocycles. The van der Waals surface area contributed by atoms with Gasteiger partial charge in [0.1, 0.15) is 11.6 Å². The van der Waals surface area contributed by atoms with Crippen molar-refractivity contribution in [2.75, 3.05) is 0 Å². The first-order valence-corrected chi connectivity index (χ1v) is 5.69. The summed E-state index contributed by atoms with van der Waals surface area (Å²) in [5, 5.41) is 1.04. The normalized spacial score (nSPS) is 11.1. The molecule has 3 rings (SSSR count). The SMILES string of the molecule is Cc1cc2ccccc2n1-c1ccc(F)cc1F. The summed E-state index contributed by atoms with van der Waals surface area (Å²) in [7, 11) is 0. The molecule has 3 aromatic rings. The summed E-state index contributed by atoms with van der Waals surface area (Å²) in [5.41, 5.74) is 2.21. The highest BCUT2D eigenvalue weighted by molar-refractivity contribution is 5.83. The van der Waals surface area contributed by atoms with Gasteiger partial charge in [0.15, 0.2) is 0 Å². The molecular weight excluding hydrogens is 232 g/mol. The van der Waals surface area contributed by atoms with Gasteiger partial charge in [0.05, 0.1) is 11.2 Å². The second-order valence-corrected chi connectivity index (χ2v) is 4.28. The molecule has 0 amide bonds. The van der Waals surface area contributed by atoms with Crippen LogP contribution in [0, 0.1) is 18.6 Å². The van der Waals surface area contributed by atoms with Crippen LogP contribution in [0.4, 0.5) is 8.78 Å². The lowest BCUT2D eigenvalue weighted by atomic mass is 10.2. The van der Waals surface area contributed by atoms with Crippen molar-refractivity contribution >= 4 is 10.9 Å². The molecule has 1 nitrogen and oxygen atoms in total. The Labute approximate surface area is 103 Å². The maximum atomic E-state index is 13.9. The van der Waals surface area contributed by atoms with Crippen LogP contribution in [0.5, 0.6) is 0 Å². The molecule has 0 aliphatic carbocycles. The molecule has 18 heavy (non-hydrogen) atoms. The first-order chi connectivity index (χ1) is 8.66. The standard InChI is InChI=1S/C15H11F2N/c1-10-8-11-4-2-3-5-14(11)18(10)15-7-6-12(16)9-13(15)17/h2-9H,1H3. The molecule has 0 N–H and O–H groups in total. The van der Waals surface area contributed by atoms with E-state index in [9.17, 15) is 8.78 Å². The van der Waals surface area contributed by atoms with Crippen molar-refractivity contribution in [2.24, 2.45) is 0 Å². The molecular formula is C15H11F2N. The average Bonchev–Trinajstić information content (AvgIpc) is 2.66. The van der Waals surface area contributed by atoms with Crippen molar-refractivity contribution in [2.45, 2.75) is 6.92 Å². The van der Waals surface area contributed by atoms with Crippen LogP contribution in [0.1, 0.15) is 5.69 Å². The molecule has 1 heterocycles. The van der Waals surface area contributed by atoms with Crippen molar-refractivity contribution < 1.29 is 8.78 Å². The minimum atomic E-state index is -0.564. The highest BCUT2D eigenvalue weighted by atomic mass is 19.1. The van der Waals surface area contributed by atoms with E-state index in [1.54, 1.807) is 4.57 Å². The van der Waals surface area contributed by atoms with Crippen LogP contribution in [0.25, 0.3) is 16.6 Å². The number of aryl methyl sites for hydroxylation is 1. The van der Waals surface area contributed by atoms with E-state index >= 15 is 0 Å². The van der Waals surface area contributed by atoms with Crippen LogP contribution < -0.4 is 0 Å². The van der Waals surface area contributed by atoms with Gasteiger partial charge in [0.2, 0.25) is 0 Å². The predicted octanol–water partition coefficient (Wildman–Crippen LogP) is 4.22. The predicted molar refractivity (Wildman–Crippen MR) is 67.9 cm³/mol. The Balaban J connectivity index is 2.34. The van der Waals surface area contributed by atoms with E-state index in [1.807, 2.05) is 37.3 Å². The fourth-order valence-electron chi connectivity index (χ4n) is 2.28. The molecule has 0 bridgehead atoms. The largest absolute Gasteiger partial charge is 0.311 e. The zero-order valence-electron chi connectivity index (χ0n) is 9.82. The molecule has 90 valence electrons. The van der Waals surface area contributed by atoms with Crippen molar-refractivity contribution in [1.29, 1.82) is 0 Å². The zero-order chi connectivity index (χ0) is 12.7. The number of nitrogens with zero attached hydrogens (tertiary/aromatic N) is 1. The number of fused-ring (bicyclic) bond motifs is 1. The Morgan fingerprint density at radius 2 is 1.72 bits per heavy atom. The summed E-state index contributed by atoms with van der Waals surface area (Å²) in [6.07, 6.45) is 0. The second kappa shape index (κ2) is 3.95. The summed E-state index contributed by atoms with van der Waals surface area (Å²) in [4.78, 5) is 0. The van der Waals surface area contributed by atoms with Gasteiger partial charge < -0.3 is 4.57 Å². The van der Waals surface area contributed by atoms with Crippen LogP contribution in [0.3, 0.4) is 0 Å². The van der Waals surface area contributed by atoms with Gasteiger partial charge in [0, 0.05) is 17.1 Å². The Morgan fingerprint density at radius 1 is 0.944 bits per heavy atom. The topological polar surface area (TPSA) is 4.93 Å². The fourth-order valence-corrected chi connectivity index (χ4v) is 2.28. The van der Waals surface area contributed by atoms with E-state index in [1.165, 1.54) is 12.1 Å². The third-order valence-corrected chi connectivity index (χ3v) is 3.05. The number of rotatable bonds is 1. The lowest BCUT2D eigenvalue weighted by Gasteiger charge is -2.09. The monoisotopic (exact) mass is 243 g/mol. The van der Waals surface area contributed by atoms with Crippen LogP contribution in [0.2, 0.25) is 0 Å². The first-order valence-electron chi connectivity index (χ1n) is 5.69. The molecule has 3 heteroatoms. The lowest BCUT2D eigenvalue weighted by Crippen LogP contribution is -1.99. The van der Waals surface area contributed by atoms with Gasteiger partial charge >= 0.3 is 0 Å². The Kier molecular flexibility index (Phi) is 2.40. The van der Waals surface area contributed by atoms with E-state index in [4.69, 9.17) is 0 Å². The van der Waals surface area contributed by atoms with Crippen LogP contribution in [-0.4, -0.2) is 4.57 Å². The summed E-state index contributed by atoms with van der Waals surface area (Å²) >= 11 is 0. The molecule has 0 radical (unpaired) electrons. The minimum Gasteiger partial charge on any atom is -0.311 e. The third kappa shape index (κ3) is 1.59.